The lowest BCUT2D eigenvalue weighted by molar-refractivity contribution is -0.110. The first-order chi connectivity index (χ1) is 17.8. The monoisotopic (exact) mass is 504 g/mol. The molecule has 1 aromatic heterocycles. The van der Waals surface area contributed by atoms with E-state index in [1.807, 2.05) is 13.8 Å². The van der Waals surface area contributed by atoms with Crippen LogP contribution < -0.4 is 15.4 Å². The summed E-state index contributed by atoms with van der Waals surface area (Å²) in [7, 11) is 1.50. The fourth-order valence-corrected chi connectivity index (χ4v) is 4.80. The highest BCUT2D eigenvalue weighted by molar-refractivity contribution is 6.35. The van der Waals surface area contributed by atoms with Gasteiger partial charge in [0.15, 0.2) is 0 Å². The van der Waals surface area contributed by atoms with Crippen molar-refractivity contribution in [2.45, 2.75) is 27.7 Å². The summed E-state index contributed by atoms with van der Waals surface area (Å²) < 4.78 is 20.1. The largest absolute Gasteiger partial charge is 0.496 e. The molecule has 0 saturated heterocycles. The van der Waals surface area contributed by atoms with Crippen LogP contribution in [-0.4, -0.2) is 55.0 Å². The van der Waals surface area contributed by atoms with E-state index in [4.69, 9.17) is 4.74 Å². The van der Waals surface area contributed by atoms with Crippen molar-refractivity contribution in [3.63, 3.8) is 0 Å². The fraction of sp³-hybridized carbons (Fsp3) is 0.310. The summed E-state index contributed by atoms with van der Waals surface area (Å²) in [5.41, 5.74) is 5.42. The number of methoxy groups -OCH3 is 1. The second-order valence-corrected chi connectivity index (χ2v) is 9.04. The highest BCUT2D eigenvalue weighted by Gasteiger charge is 2.27. The van der Waals surface area contributed by atoms with Gasteiger partial charge in [-0.1, -0.05) is 26.0 Å². The van der Waals surface area contributed by atoms with Gasteiger partial charge in [-0.15, -0.1) is 0 Å². The molecule has 4 rings (SSSR count). The van der Waals surface area contributed by atoms with Crippen LogP contribution in [0.5, 0.6) is 5.75 Å². The SMILES string of the molecule is CCN(CC)CCNC(=O)c1c(C)[nH]c(/C=C2\C(=O)Nc3ccc(-c4c(F)cccc4OC)cc32)c1C. The Balaban J connectivity index is 1.66. The predicted molar refractivity (Wildman–Crippen MR) is 145 cm³/mol. The van der Waals surface area contributed by atoms with Crippen molar-refractivity contribution in [3.05, 3.63) is 70.3 Å². The maximum atomic E-state index is 14.7. The Kier molecular flexibility index (Phi) is 7.78. The molecular weight excluding hydrogens is 471 g/mol. The van der Waals surface area contributed by atoms with Crippen LogP contribution in [0.2, 0.25) is 0 Å². The van der Waals surface area contributed by atoms with Gasteiger partial charge in [0, 0.05) is 35.7 Å². The minimum absolute atomic E-state index is 0.145. The molecule has 2 aromatic carbocycles. The Hall–Kier alpha value is -3.91. The van der Waals surface area contributed by atoms with Crippen molar-refractivity contribution in [3.8, 4) is 16.9 Å². The van der Waals surface area contributed by atoms with E-state index in [1.165, 1.54) is 13.2 Å². The molecule has 1 aliphatic heterocycles. The minimum Gasteiger partial charge on any atom is -0.496 e. The van der Waals surface area contributed by atoms with Gasteiger partial charge in [0.05, 0.1) is 23.8 Å². The second-order valence-electron chi connectivity index (χ2n) is 9.04. The third-order valence-corrected chi connectivity index (χ3v) is 6.89. The molecule has 0 unspecified atom stereocenters. The molecule has 3 aromatic rings. The van der Waals surface area contributed by atoms with Crippen LogP contribution >= 0.6 is 0 Å². The van der Waals surface area contributed by atoms with Gasteiger partial charge in [-0.05, 0) is 68.4 Å². The average molecular weight is 505 g/mol. The first-order valence-electron chi connectivity index (χ1n) is 12.5. The molecule has 2 heterocycles. The van der Waals surface area contributed by atoms with Crippen molar-refractivity contribution in [1.29, 1.82) is 0 Å². The van der Waals surface area contributed by atoms with Gasteiger partial charge in [-0.25, -0.2) is 4.39 Å². The van der Waals surface area contributed by atoms with Gasteiger partial charge >= 0.3 is 0 Å². The van der Waals surface area contributed by atoms with Crippen molar-refractivity contribution in [1.82, 2.24) is 15.2 Å². The number of aromatic amines is 1. The lowest BCUT2D eigenvalue weighted by Gasteiger charge is -2.18. The van der Waals surface area contributed by atoms with E-state index in [0.29, 0.717) is 51.5 Å². The number of nitrogens with one attached hydrogen (secondary N) is 3. The zero-order chi connectivity index (χ0) is 26.7. The zero-order valence-electron chi connectivity index (χ0n) is 21.9. The van der Waals surface area contributed by atoms with Gasteiger partial charge < -0.3 is 25.3 Å². The molecule has 8 heteroatoms. The van der Waals surface area contributed by atoms with Gasteiger partial charge in [-0.2, -0.15) is 0 Å². The van der Waals surface area contributed by atoms with Crippen molar-refractivity contribution in [2.24, 2.45) is 0 Å². The Morgan fingerprint density at radius 1 is 1.16 bits per heavy atom. The number of carbonyl (C=O) groups excluding carboxylic acids is 2. The van der Waals surface area contributed by atoms with E-state index in [0.717, 1.165) is 30.9 Å². The third kappa shape index (κ3) is 5.15. The minimum atomic E-state index is -0.408. The highest BCUT2D eigenvalue weighted by atomic mass is 19.1. The van der Waals surface area contributed by atoms with Crippen LogP contribution in [0, 0.1) is 19.7 Å². The summed E-state index contributed by atoms with van der Waals surface area (Å²) in [6, 6.07) is 9.97. The number of fused-ring (bicyclic) bond motifs is 1. The summed E-state index contributed by atoms with van der Waals surface area (Å²) >= 11 is 0. The number of hydrogen-bond acceptors (Lipinski definition) is 4. The topological polar surface area (TPSA) is 86.5 Å². The molecule has 2 amide bonds. The average Bonchev–Trinajstić information content (AvgIpc) is 3.35. The van der Waals surface area contributed by atoms with Crippen molar-refractivity contribution >= 4 is 29.2 Å². The summed E-state index contributed by atoms with van der Waals surface area (Å²) in [6.45, 7) is 11.1. The second kappa shape index (κ2) is 11.0. The number of nitrogens with zero attached hydrogens (tertiary/aromatic N) is 1. The van der Waals surface area contributed by atoms with Crippen LogP contribution in [0.3, 0.4) is 0 Å². The molecule has 0 atom stereocenters. The normalized spacial score (nSPS) is 13.7. The summed E-state index contributed by atoms with van der Waals surface area (Å²) in [6.07, 6.45) is 1.75. The molecule has 1 aliphatic rings. The van der Waals surface area contributed by atoms with Crippen LogP contribution in [0.4, 0.5) is 10.1 Å². The first kappa shape index (κ1) is 26.2. The summed E-state index contributed by atoms with van der Waals surface area (Å²) in [5.74, 6) is -0.400. The number of halogens is 1. The molecule has 0 aliphatic carbocycles. The molecule has 0 fully saturated rings. The summed E-state index contributed by atoms with van der Waals surface area (Å²) in [5, 5.41) is 5.88. The number of amides is 2. The van der Waals surface area contributed by atoms with Gasteiger partial charge in [0.2, 0.25) is 0 Å². The number of likely N-dealkylation sites (N-methyl/N-ethyl adjacent to an activating group) is 1. The van der Waals surface area contributed by atoms with E-state index < -0.39 is 5.82 Å². The van der Waals surface area contributed by atoms with Gasteiger partial charge in [0.1, 0.15) is 11.6 Å². The Bertz CT molecular complexity index is 1370. The number of aryl methyl sites for hydroxylation is 1. The molecule has 37 heavy (non-hydrogen) atoms. The quantitative estimate of drug-likeness (QED) is 0.358. The molecule has 0 radical (unpaired) electrons. The van der Waals surface area contributed by atoms with E-state index in [9.17, 15) is 14.0 Å². The van der Waals surface area contributed by atoms with Crippen LogP contribution in [0.15, 0.2) is 36.4 Å². The maximum absolute atomic E-state index is 14.7. The number of hydrogen-bond donors (Lipinski definition) is 3. The number of ether oxygens (including phenoxy) is 1. The lowest BCUT2D eigenvalue weighted by Crippen LogP contribution is -2.35. The van der Waals surface area contributed by atoms with Gasteiger partial charge in [0.25, 0.3) is 11.8 Å². The Morgan fingerprint density at radius 3 is 2.62 bits per heavy atom. The number of H-pyrrole nitrogens is 1. The fourth-order valence-electron chi connectivity index (χ4n) is 4.80. The molecular formula is C29H33FN4O3. The zero-order valence-corrected chi connectivity index (χ0v) is 21.9. The van der Waals surface area contributed by atoms with Crippen LogP contribution in [0.25, 0.3) is 22.8 Å². The molecule has 0 bridgehead atoms. The smallest absolute Gasteiger partial charge is 0.256 e. The number of benzene rings is 2. The molecule has 0 saturated carbocycles. The van der Waals surface area contributed by atoms with E-state index >= 15 is 0 Å². The number of aromatic nitrogens is 1. The predicted octanol–water partition coefficient (Wildman–Crippen LogP) is 5.01. The molecule has 3 N–H and O–H groups in total. The highest BCUT2D eigenvalue weighted by Crippen LogP contribution is 2.40. The van der Waals surface area contributed by atoms with E-state index in [1.54, 1.807) is 36.4 Å². The third-order valence-electron chi connectivity index (χ3n) is 6.89. The molecule has 0 spiro atoms. The van der Waals surface area contributed by atoms with Crippen LogP contribution in [-0.2, 0) is 4.79 Å². The van der Waals surface area contributed by atoms with Crippen molar-refractivity contribution < 1.29 is 18.7 Å². The van der Waals surface area contributed by atoms with Crippen molar-refractivity contribution in [2.75, 3.05) is 38.6 Å². The number of rotatable bonds is 9. The van der Waals surface area contributed by atoms with Crippen LogP contribution in [0.1, 0.15) is 46.7 Å². The number of carbonyl (C=O) groups is 2. The van der Waals surface area contributed by atoms with E-state index in [2.05, 4.69) is 34.4 Å². The molecule has 7 nitrogen and oxygen atoms in total. The Labute approximate surface area is 216 Å². The lowest BCUT2D eigenvalue weighted by atomic mass is 9.97. The standard InChI is InChI=1S/C29H33FN4O3/c1-6-34(7-2)14-13-31-29(36)26-17(3)24(32-18(26)4)16-21-20-15-19(11-12-23(20)33-28(21)35)27-22(30)9-8-10-25(27)37-5/h8-12,15-16,32H,6-7,13-14H2,1-5H3,(H,31,36)(H,33,35)/b21-16-. The number of anilines is 1. The first-order valence-corrected chi connectivity index (χ1v) is 12.5. The Morgan fingerprint density at radius 2 is 1.92 bits per heavy atom. The molecule has 194 valence electrons. The summed E-state index contributed by atoms with van der Waals surface area (Å²) in [4.78, 5) is 31.4. The van der Waals surface area contributed by atoms with Gasteiger partial charge in [-0.3, -0.25) is 9.59 Å². The van der Waals surface area contributed by atoms with E-state index in [-0.39, 0.29) is 11.8 Å². The maximum Gasteiger partial charge on any atom is 0.256 e.